The Labute approximate surface area is 142 Å². The number of rotatable bonds is 2. The van der Waals surface area contributed by atoms with Gasteiger partial charge in [-0.2, -0.15) is 5.26 Å². The maximum Gasteiger partial charge on any atom is 0.407 e. The molecule has 1 atom stereocenters. The summed E-state index contributed by atoms with van der Waals surface area (Å²) in [5.74, 6) is 0. The van der Waals surface area contributed by atoms with Crippen LogP contribution in [0.5, 0.6) is 0 Å². The summed E-state index contributed by atoms with van der Waals surface area (Å²) in [6.07, 6.45) is 2.63. The van der Waals surface area contributed by atoms with Gasteiger partial charge in [0.2, 0.25) is 0 Å². The van der Waals surface area contributed by atoms with E-state index in [2.05, 4.69) is 22.4 Å². The lowest BCUT2D eigenvalue weighted by molar-refractivity contribution is 0.0500. The summed E-state index contributed by atoms with van der Waals surface area (Å²) in [7, 11) is 0. The topological polar surface area (TPSA) is 77.9 Å². The number of aryl methyl sites for hydroxylation is 1. The molecule has 0 saturated heterocycles. The van der Waals surface area contributed by atoms with Crippen molar-refractivity contribution in [1.29, 1.82) is 5.26 Å². The second-order valence-corrected chi connectivity index (χ2v) is 7.38. The van der Waals surface area contributed by atoms with Gasteiger partial charge >= 0.3 is 6.09 Å². The fraction of sp³-hybridized carbons (Fsp3) is 0.474. The quantitative estimate of drug-likeness (QED) is 0.885. The van der Waals surface area contributed by atoms with Gasteiger partial charge in [0, 0.05) is 22.6 Å². The Morgan fingerprint density at radius 3 is 2.96 bits per heavy atom. The van der Waals surface area contributed by atoms with Crippen molar-refractivity contribution >= 4 is 17.0 Å². The number of nitriles is 1. The van der Waals surface area contributed by atoms with Gasteiger partial charge < -0.3 is 15.0 Å². The highest BCUT2D eigenvalue weighted by Crippen LogP contribution is 2.30. The van der Waals surface area contributed by atoms with Gasteiger partial charge in [0.15, 0.2) is 0 Å². The SMILES string of the molecule is CC(C)(C)OC(=O)NC1CCc2[nH]c3ccc(CC#N)cc3c2C1. The fourth-order valence-corrected chi connectivity index (χ4v) is 3.26. The summed E-state index contributed by atoms with van der Waals surface area (Å²) < 4.78 is 5.35. The van der Waals surface area contributed by atoms with Crippen molar-refractivity contribution in [1.82, 2.24) is 10.3 Å². The molecule has 1 unspecified atom stereocenters. The van der Waals surface area contributed by atoms with E-state index in [0.717, 1.165) is 35.7 Å². The summed E-state index contributed by atoms with van der Waals surface area (Å²) in [5.41, 5.74) is 4.11. The number of ether oxygens (including phenoxy) is 1. The highest BCUT2D eigenvalue weighted by molar-refractivity contribution is 5.86. The highest BCUT2D eigenvalue weighted by atomic mass is 16.6. The molecule has 5 nitrogen and oxygen atoms in total. The molecular formula is C19H23N3O2. The van der Waals surface area contributed by atoms with Crippen molar-refractivity contribution in [3.05, 3.63) is 35.0 Å². The van der Waals surface area contributed by atoms with Gasteiger partial charge in [-0.1, -0.05) is 6.07 Å². The molecule has 24 heavy (non-hydrogen) atoms. The lowest BCUT2D eigenvalue weighted by Crippen LogP contribution is -2.41. The van der Waals surface area contributed by atoms with E-state index in [4.69, 9.17) is 10.00 Å². The Kier molecular flexibility index (Phi) is 4.23. The van der Waals surface area contributed by atoms with Gasteiger partial charge in [-0.25, -0.2) is 4.79 Å². The average molecular weight is 325 g/mol. The fourth-order valence-electron chi connectivity index (χ4n) is 3.26. The van der Waals surface area contributed by atoms with Gasteiger partial charge in [-0.3, -0.25) is 0 Å². The maximum atomic E-state index is 12.0. The maximum absolute atomic E-state index is 12.0. The van der Waals surface area contributed by atoms with Crippen LogP contribution in [0.3, 0.4) is 0 Å². The van der Waals surface area contributed by atoms with Crippen LogP contribution in [0.2, 0.25) is 0 Å². The van der Waals surface area contributed by atoms with E-state index in [9.17, 15) is 4.79 Å². The number of aromatic nitrogens is 1. The number of amides is 1. The number of fused-ring (bicyclic) bond motifs is 3. The Morgan fingerprint density at radius 2 is 2.25 bits per heavy atom. The van der Waals surface area contributed by atoms with Gasteiger partial charge in [0.25, 0.3) is 0 Å². The van der Waals surface area contributed by atoms with Crippen LogP contribution in [0.25, 0.3) is 10.9 Å². The summed E-state index contributed by atoms with van der Waals surface area (Å²) in [5, 5.41) is 13.0. The van der Waals surface area contributed by atoms with Crippen LogP contribution in [-0.2, 0) is 24.0 Å². The molecule has 0 spiro atoms. The van der Waals surface area contributed by atoms with E-state index in [1.807, 2.05) is 32.9 Å². The normalized spacial score (nSPS) is 17.2. The predicted molar refractivity (Wildman–Crippen MR) is 92.8 cm³/mol. The Bertz CT molecular complexity index is 808. The number of carbonyl (C=O) groups excluding carboxylic acids is 1. The number of alkyl carbamates (subject to hydrolysis) is 1. The van der Waals surface area contributed by atoms with Crippen molar-refractivity contribution in [3.8, 4) is 6.07 Å². The van der Waals surface area contributed by atoms with Crippen LogP contribution in [0.4, 0.5) is 4.79 Å². The molecular weight excluding hydrogens is 302 g/mol. The minimum absolute atomic E-state index is 0.0750. The summed E-state index contributed by atoms with van der Waals surface area (Å²) in [6.45, 7) is 5.59. The van der Waals surface area contributed by atoms with E-state index in [1.165, 1.54) is 11.3 Å². The lowest BCUT2D eigenvalue weighted by atomic mass is 9.91. The van der Waals surface area contributed by atoms with Gasteiger partial charge in [-0.15, -0.1) is 0 Å². The van der Waals surface area contributed by atoms with Crippen LogP contribution in [0, 0.1) is 11.3 Å². The number of hydrogen-bond acceptors (Lipinski definition) is 3. The van der Waals surface area contributed by atoms with E-state index in [-0.39, 0.29) is 12.1 Å². The van der Waals surface area contributed by atoms with Crippen molar-refractivity contribution in [2.24, 2.45) is 0 Å². The van der Waals surface area contributed by atoms with Crippen LogP contribution < -0.4 is 5.32 Å². The number of nitrogens with one attached hydrogen (secondary N) is 2. The third-order valence-corrected chi connectivity index (χ3v) is 4.26. The van der Waals surface area contributed by atoms with Crippen molar-refractivity contribution in [2.75, 3.05) is 0 Å². The van der Waals surface area contributed by atoms with Crippen LogP contribution in [-0.4, -0.2) is 22.7 Å². The molecule has 1 aromatic carbocycles. The molecule has 2 N–H and O–H groups in total. The third kappa shape index (κ3) is 3.53. The first-order chi connectivity index (χ1) is 11.4. The lowest BCUT2D eigenvalue weighted by Gasteiger charge is -2.26. The molecule has 5 heteroatoms. The Morgan fingerprint density at radius 1 is 1.46 bits per heavy atom. The zero-order chi connectivity index (χ0) is 17.3. The second-order valence-electron chi connectivity index (χ2n) is 7.38. The smallest absolute Gasteiger partial charge is 0.407 e. The number of nitrogens with zero attached hydrogens (tertiary/aromatic N) is 1. The molecule has 1 amide bonds. The minimum Gasteiger partial charge on any atom is -0.444 e. The monoisotopic (exact) mass is 325 g/mol. The summed E-state index contributed by atoms with van der Waals surface area (Å²) in [6, 6.07) is 8.38. The number of carbonyl (C=O) groups is 1. The number of benzene rings is 1. The molecule has 1 aliphatic carbocycles. The van der Waals surface area contributed by atoms with Crippen LogP contribution in [0.1, 0.15) is 44.0 Å². The van der Waals surface area contributed by atoms with E-state index in [1.54, 1.807) is 0 Å². The predicted octanol–water partition coefficient (Wildman–Crippen LogP) is 3.62. The van der Waals surface area contributed by atoms with Gasteiger partial charge in [0.05, 0.1) is 12.5 Å². The second kappa shape index (κ2) is 6.20. The molecule has 3 rings (SSSR count). The zero-order valence-electron chi connectivity index (χ0n) is 14.4. The summed E-state index contributed by atoms with van der Waals surface area (Å²) in [4.78, 5) is 15.5. The first kappa shape index (κ1) is 16.4. The molecule has 0 saturated carbocycles. The Balaban J connectivity index is 1.79. The molecule has 1 aromatic heterocycles. The van der Waals surface area contributed by atoms with Gasteiger partial charge in [0.1, 0.15) is 5.60 Å². The minimum atomic E-state index is -0.489. The highest BCUT2D eigenvalue weighted by Gasteiger charge is 2.25. The van der Waals surface area contributed by atoms with E-state index < -0.39 is 5.60 Å². The average Bonchev–Trinajstić information content (AvgIpc) is 2.83. The zero-order valence-corrected chi connectivity index (χ0v) is 14.4. The molecule has 0 radical (unpaired) electrons. The molecule has 0 bridgehead atoms. The third-order valence-electron chi connectivity index (χ3n) is 4.26. The standard InChI is InChI=1S/C19H23N3O2/c1-19(2,3)24-18(23)21-13-5-7-17-15(11-13)14-10-12(8-9-20)4-6-16(14)22-17/h4,6,10,13,22H,5,7-8,11H2,1-3H3,(H,21,23). The molecule has 1 heterocycles. The first-order valence-corrected chi connectivity index (χ1v) is 8.34. The van der Waals surface area contributed by atoms with E-state index >= 15 is 0 Å². The van der Waals surface area contributed by atoms with E-state index in [0.29, 0.717) is 6.42 Å². The number of hydrogen-bond donors (Lipinski definition) is 2. The number of aromatic amines is 1. The van der Waals surface area contributed by atoms with Crippen LogP contribution >= 0.6 is 0 Å². The molecule has 0 aliphatic heterocycles. The molecule has 126 valence electrons. The molecule has 1 aliphatic rings. The Hall–Kier alpha value is -2.48. The first-order valence-electron chi connectivity index (χ1n) is 8.34. The van der Waals surface area contributed by atoms with Crippen molar-refractivity contribution < 1.29 is 9.53 Å². The van der Waals surface area contributed by atoms with Crippen molar-refractivity contribution in [3.63, 3.8) is 0 Å². The van der Waals surface area contributed by atoms with Gasteiger partial charge in [-0.05, 0) is 63.3 Å². The summed E-state index contributed by atoms with van der Waals surface area (Å²) >= 11 is 0. The van der Waals surface area contributed by atoms with Crippen molar-refractivity contribution in [2.45, 2.75) is 58.1 Å². The van der Waals surface area contributed by atoms with Crippen LogP contribution in [0.15, 0.2) is 18.2 Å². The largest absolute Gasteiger partial charge is 0.444 e. The molecule has 2 aromatic rings. The number of H-pyrrole nitrogens is 1. The molecule has 0 fully saturated rings.